The van der Waals surface area contributed by atoms with Gasteiger partial charge < -0.3 is 5.43 Å². The van der Waals surface area contributed by atoms with E-state index in [0.29, 0.717) is 12.2 Å². The number of aryl methyl sites for hydroxylation is 1. The second-order valence-corrected chi connectivity index (χ2v) is 5.23. The molecule has 0 aliphatic carbocycles. The first-order valence-corrected chi connectivity index (χ1v) is 6.97. The molecule has 1 aromatic carbocycles. The average molecular weight is 309 g/mol. The topological polar surface area (TPSA) is 50.2 Å². The molecule has 0 spiro atoms. The maximum Gasteiger partial charge on any atom is 0.264 e. The Bertz CT molecular complexity index is 802. The van der Waals surface area contributed by atoms with Crippen LogP contribution in [0.2, 0.25) is 5.02 Å². The van der Waals surface area contributed by atoms with Gasteiger partial charge in [-0.3, -0.25) is 9.36 Å². The second kappa shape index (κ2) is 5.13. The maximum atomic E-state index is 13.9. The predicted molar refractivity (Wildman–Crippen MR) is 79.4 cm³/mol. The Morgan fingerprint density at radius 2 is 2.24 bits per heavy atom. The summed E-state index contributed by atoms with van der Waals surface area (Å²) >= 11 is 6.08. The van der Waals surface area contributed by atoms with Crippen LogP contribution in [-0.4, -0.2) is 21.6 Å². The Hall–Kier alpha value is -1.92. The molecule has 21 heavy (non-hydrogen) atoms. The van der Waals surface area contributed by atoms with Gasteiger partial charge in [-0.05, 0) is 18.2 Å². The highest BCUT2D eigenvalue weighted by Crippen LogP contribution is 2.24. The monoisotopic (exact) mass is 308 g/mol. The van der Waals surface area contributed by atoms with Gasteiger partial charge >= 0.3 is 0 Å². The van der Waals surface area contributed by atoms with Gasteiger partial charge in [-0.1, -0.05) is 18.5 Å². The number of benzene rings is 1. The Balaban J connectivity index is 2.39. The van der Waals surface area contributed by atoms with Gasteiger partial charge in [0, 0.05) is 19.7 Å². The first-order chi connectivity index (χ1) is 10.0. The molecule has 5 nitrogen and oxygen atoms in total. The van der Waals surface area contributed by atoms with Crippen LogP contribution in [-0.2, 0) is 6.42 Å². The summed E-state index contributed by atoms with van der Waals surface area (Å²) in [6.45, 7) is 1.87. The Morgan fingerprint density at radius 3 is 2.86 bits per heavy atom. The summed E-state index contributed by atoms with van der Waals surface area (Å²) in [4.78, 5) is 17.1. The third kappa shape index (κ3) is 2.11. The molecule has 3 rings (SSSR count). The van der Waals surface area contributed by atoms with Crippen molar-refractivity contribution in [3.05, 3.63) is 51.4 Å². The molecule has 1 aromatic heterocycles. The van der Waals surface area contributed by atoms with Crippen LogP contribution in [0.5, 0.6) is 0 Å². The number of fused-ring (bicyclic) bond motifs is 1. The van der Waals surface area contributed by atoms with Gasteiger partial charge in [0.2, 0.25) is 0 Å². The largest absolute Gasteiger partial charge is 0.324 e. The van der Waals surface area contributed by atoms with Crippen molar-refractivity contribution >= 4 is 22.5 Å². The van der Waals surface area contributed by atoms with Crippen LogP contribution in [0, 0.1) is 5.82 Å². The van der Waals surface area contributed by atoms with Gasteiger partial charge in [0.25, 0.3) is 5.56 Å². The van der Waals surface area contributed by atoms with E-state index in [1.807, 2.05) is 20.0 Å². The number of hydrogen-bond acceptors (Lipinski definition) is 4. The summed E-state index contributed by atoms with van der Waals surface area (Å²) in [5.41, 5.74) is 2.66. The number of likely N-dealkylation sites (N-methyl/N-ethyl adjacent to an activating group) is 1. The molecule has 7 heteroatoms. The second-order valence-electron chi connectivity index (χ2n) is 4.82. The molecule has 1 aliphatic rings. The van der Waals surface area contributed by atoms with Crippen LogP contribution in [0.4, 0.5) is 4.39 Å². The Labute approximate surface area is 125 Å². The molecule has 1 unspecified atom stereocenters. The van der Waals surface area contributed by atoms with E-state index in [9.17, 15) is 9.18 Å². The third-order valence-electron chi connectivity index (χ3n) is 3.55. The fourth-order valence-electron chi connectivity index (χ4n) is 2.51. The molecule has 1 aliphatic heterocycles. The van der Waals surface area contributed by atoms with Crippen LogP contribution < -0.4 is 11.0 Å². The van der Waals surface area contributed by atoms with E-state index < -0.39 is 5.82 Å². The van der Waals surface area contributed by atoms with Gasteiger partial charge in [0.15, 0.2) is 0 Å². The minimum atomic E-state index is -0.540. The smallest absolute Gasteiger partial charge is 0.264 e. The van der Waals surface area contributed by atoms with Gasteiger partial charge in [0.1, 0.15) is 23.3 Å². The van der Waals surface area contributed by atoms with E-state index in [1.165, 1.54) is 16.7 Å². The number of hydrogen-bond donors (Lipinski definition) is 1. The lowest BCUT2D eigenvalue weighted by Crippen LogP contribution is -2.38. The zero-order valence-corrected chi connectivity index (χ0v) is 12.4. The fraction of sp³-hybridized carbons (Fsp3) is 0.286. The minimum absolute atomic E-state index is 0.0261. The fourth-order valence-corrected chi connectivity index (χ4v) is 2.74. The summed E-state index contributed by atoms with van der Waals surface area (Å²) in [5.74, 6) is -0.0272. The molecule has 0 saturated carbocycles. The first-order valence-electron chi connectivity index (χ1n) is 6.59. The SMILES string of the molecule is CCc1nc2c(F)ccc(Cl)c2c(=O)n1C1C=CNN1C. The lowest BCUT2D eigenvalue weighted by molar-refractivity contribution is 0.191. The number of rotatable bonds is 2. The van der Waals surface area contributed by atoms with Crippen LogP contribution in [0.15, 0.2) is 29.2 Å². The molecule has 0 fully saturated rings. The van der Waals surface area contributed by atoms with E-state index >= 15 is 0 Å². The van der Waals surface area contributed by atoms with Crippen LogP contribution in [0.1, 0.15) is 18.9 Å². The third-order valence-corrected chi connectivity index (χ3v) is 3.87. The van der Waals surface area contributed by atoms with Crippen molar-refractivity contribution in [1.82, 2.24) is 20.0 Å². The lowest BCUT2D eigenvalue weighted by atomic mass is 10.2. The van der Waals surface area contributed by atoms with E-state index in [4.69, 9.17) is 11.6 Å². The number of halogens is 2. The van der Waals surface area contributed by atoms with Crippen molar-refractivity contribution in [3.8, 4) is 0 Å². The quantitative estimate of drug-likeness (QED) is 0.924. The van der Waals surface area contributed by atoms with Crippen LogP contribution in [0.25, 0.3) is 10.9 Å². The number of nitrogens with zero attached hydrogens (tertiary/aromatic N) is 3. The summed E-state index contributed by atoms with van der Waals surface area (Å²) in [6, 6.07) is 2.61. The van der Waals surface area contributed by atoms with E-state index in [0.717, 1.165) is 0 Å². The average Bonchev–Trinajstić information content (AvgIpc) is 2.88. The van der Waals surface area contributed by atoms with Crippen molar-refractivity contribution in [2.24, 2.45) is 0 Å². The number of nitrogens with one attached hydrogen (secondary N) is 1. The van der Waals surface area contributed by atoms with E-state index in [-0.39, 0.29) is 27.7 Å². The predicted octanol–water partition coefficient (Wildman–Crippen LogP) is 2.21. The van der Waals surface area contributed by atoms with Crippen LogP contribution in [0.3, 0.4) is 0 Å². The molecular weight excluding hydrogens is 295 g/mol. The zero-order valence-electron chi connectivity index (χ0n) is 11.6. The highest BCUT2D eigenvalue weighted by atomic mass is 35.5. The minimum Gasteiger partial charge on any atom is -0.324 e. The van der Waals surface area contributed by atoms with E-state index in [1.54, 1.807) is 11.2 Å². The highest BCUT2D eigenvalue weighted by Gasteiger charge is 2.24. The summed E-state index contributed by atoms with van der Waals surface area (Å²) in [6.07, 6.45) is 3.77. The van der Waals surface area contributed by atoms with Gasteiger partial charge in [0.05, 0.1) is 10.4 Å². The molecular formula is C14H14ClFN4O. The molecule has 0 bridgehead atoms. The molecule has 2 heterocycles. The number of aromatic nitrogens is 2. The zero-order chi connectivity index (χ0) is 15.1. The molecule has 110 valence electrons. The van der Waals surface area contributed by atoms with Crippen LogP contribution >= 0.6 is 11.6 Å². The van der Waals surface area contributed by atoms with E-state index in [2.05, 4.69) is 10.4 Å². The van der Waals surface area contributed by atoms with Gasteiger partial charge in [-0.2, -0.15) is 0 Å². The summed E-state index contributed by atoms with van der Waals surface area (Å²) < 4.78 is 15.5. The molecule has 2 aromatic rings. The van der Waals surface area contributed by atoms with Crippen molar-refractivity contribution in [2.45, 2.75) is 19.5 Å². The molecule has 1 N–H and O–H groups in total. The lowest BCUT2D eigenvalue weighted by Gasteiger charge is -2.24. The molecule has 0 amide bonds. The Kier molecular flexibility index (Phi) is 3.43. The summed E-state index contributed by atoms with van der Waals surface area (Å²) in [5, 5.41) is 2.09. The van der Waals surface area contributed by atoms with Gasteiger partial charge in [-0.25, -0.2) is 14.4 Å². The van der Waals surface area contributed by atoms with Crippen molar-refractivity contribution < 1.29 is 4.39 Å². The molecule has 1 atom stereocenters. The maximum absolute atomic E-state index is 13.9. The first kappa shape index (κ1) is 14.0. The van der Waals surface area contributed by atoms with Gasteiger partial charge in [-0.15, -0.1) is 0 Å². The highest BCUT2D eigenvalue weighted by molar-refractivity contribution is 6.35. The van der Waals surface area contributed by atoms with Crippen molar-refractivity contribution in [2.75, 3.05) is 7.05 Å². The number of hydrazine groups is 1. The van der Waals surface area contributed by atoms with Crippen molar-refractivity contribution in [1.29, 1.82) is 0 Å². The molecule has 0 saturated heterocycles. The summed E-state index contributed by atoms with van der Waals surface area (Å²) in [7, 11) is 1.81. The normalized spacial score (nSPS) is 18.4. The van der Waals surface area contributed by atoms with Crippen molar-refractivity contribution in [3.63, 3.8) is 0 Å². The Morgan fingerprint density at radius 1 is 1.48 bits per heavy atom. The standard InChI is InChI=1S/C14H14ClFN4O/c1-3-10-18-13-9(16)5-4-8(15)12(13)14(21)20(10)11-6-7-17-19(11)2/h4-7,11,17H,3H2,1-2H3. The molecule has 0 radical (unpaired) electrons.